The van der Waals surface area contributed by atoms with Crippen LogP contribution in [0.25, 0.3) is 5.69 Å². The van der Waals surface area contributed by atoms with E-state index in [0.717, 1.165) is 17.4 Å². The van der Waals surface area contributed by atoms with Crippen LogP contribution in [0.15, 0.2) is 59.5 Å². The van der Waals surface area contributed by atoms with E-state index in [1.807, 2.05) is 0 Å². The highest BCUT2D eigenvalue weighted by atomic mass is 35.5. The largest absolute Gasteiger partial charge is 0.351 e. The number of anilines is 1. The number of aromatic nitrogens is 1. The van der Waals surface area contributed by atoms with Crippen LogP contribution in [0, 0.1) is 17.7 Å². The third kappa shape index (κ3) is 5.20. The van der Waals surface area contributed by atoms with Gasteiger partial charge in [0.05, 0.1) is 20.6 Å². The molecule has 7 nitrogen and oxygen atoms in total. The Morgan fingerprint density at radius 3 is 2.67 bits per heavy atom. The number of ketones is 1. The molecule has 2 N–H and O–H groups in total. The third-order valence-electron chi connectivity index (χ3n) is 5.46. The zero-order valence-electron chi connectivity index (χ0n) is 17.2. The van der Waals surface area contributed by atoms with Crippen LogP contribution in [0.4, 0.5) is 10.1 Å². The molecule has 0 bridgehead atoms. The third-order valence-corrected chi connectivity index (χ3v) is 6.69. The Labute approximate surface area is 197 Å². The standard InChI is InChI=1S/C23H19ClFN3O4S/c24-20-7-6-19(33-20)23(32)26-12-14-9-13(10-18(14)29)22(31)27-17-5-4-15(11-16(17)25)28-8-2-1-3-21(28)30/h1-8,11,13-14H,9-10,12H2,(H,26,32)(H,27,31). The van der Waals surface area contributed by atoms with Gasteiger partial charge in [-0.1, -0.05) is 17.7 Å². The molecule has 4 rings (SSSR count). The second-order valence-electron chi connectivity index (χ2n) is 7.68. The topological polar surface area (TPSA) is 97.3 Å². The highest BCUT2D eigenvalue weighted by Gasteiger charge is 2.37. The normalized spacial score (nSPS) is 17.7. The van der Waals surface area contributed by atoms with Gasteiger partial charge in [-0.05, 0) is 36.8 Å². The van der Waals surface area contributed by atoms with Crippen molar-refractivity contribution >= 4 is 46.2 Å². The SMILES string of the molecule is O=C(NCC1CC(C(=O)Nc2ccc(-n3ccccc3=O)cc2F)CC1=O)c1ccc(Cl)s1. The Balaban J connectivity index is 1.36. The smallest absolute Gasteiger partial charge is 0.261 e. The van der Waals surface area contributed by atoms with Crippen LogP contribution in [0.1, 0.15) is 22.5 Å². The fraction of sp³-hybridized carbons (Fsp3) is 0.217. The Hall–Kier alpha value is -3.30. The van der Waals surface area contributed by atoms with E-state index >= 15 is 0 Å². The van der Waals surface area contributed by atoms with Crippen LogP contribution >= 0.6 is 22.9 Å². The Morgan fingerprint density at radius 1 is 1.15 bits per heavy atom. The highest BCUT2D eigenvalue weighted by molar-refractivity contribution is 7.18. The molecule has 0 radical (unpaired) electrons. The van der Waals surface area contributed by atoms with Gasteiger partial charge in [-0.2, -0.15) is 0 Å². The molecule has 2 aromatic heterocycles. The molecule has 1 aliphatic carbocycles. The molecular formula is C23H19ClFN3O4S. The van der Waals surface area contributed by atoms with Crippen molar-refractivity contribution in [2.24, 2.45) is 11.8 Å². The number of hydrogen-bond donors (Lipinski definition) is 2. The number of benzene rings is 1. The van der Waals surface area contributed by atoms with Crippen molar-refractivity contribution in [1.82, 2.24) is 9.88 Å². The summed E-state index contributed by atoms with van der Waals surface area (Å²) in [6.07, 6.45) is 1.80. The number of carbonyl (C=O) groups is 3. The van der Waals surface area contributed by atoms with Crippen molar-refractivity contribution < 1.29 is 18.8 Å². The molecule has 10 heteroatoms. The van der Waals surface area contributed by atoms with E-state index < -0.39 is 23.6 Å². The minimum absolute atomic E-state index is 0.0241. The predicted molar refractivity (Wildman–Crippen MR) is 124 cm³/mol. The van der Waals surface area contributed by atoms with Crippen LogP contribution in [-0.4, -0.2) is 28.7 Å². The summed E-state index contributed by atoms with van der Waals surface area (Å²) in [5.74, 6) is -2.72. The Morgan fingerprint density at radius 2 is 1.97 bits per heavy atom. The van der Waals surface area contributed by atoms with Crippen LogP contribution in [0.3, 0.4) is 0 Å². The number of nitrogens with zero attached hydrogens (tertiary/aromatic N) is 1. The number of thiophene rings is 1. The van der Waals surface area contributed by atoms with Crippen molar-refractivity contribution in [3.63, 3.8) is 0 Å². The minimum Gasteiger partial charge on any atom is -0.351 e. The van der Waals surface area contributed by atoms with Gasteiger partial charge in [0.15, 0.2) is 0 Å². The maximum Gasteiger partial charge on any atom is 0.261 e. The van der Waals surface area contributed by atoms with Crippen molar-refractivity contribution in [3.8, 4) is 5.69 Å². The first kappa shape index (κ1) is 22.9. The summed E-state index contributed by atoms with van der Waals surface area (Å²) in [7, 11) is 0. The van der Waals surface area contributed by atoms with Gasteiger partial charge in [0.25, 0.3) is 11.5 Å². The lowest BCUT2D eigenvalue weighted by atomic mass is 10.0. The van der Waals surface area contributed by atoms with Crippen LogP contribution in [0.2, 0.25) is 4.34 Å². The summed E-state index contributed by atoms with van der Waals surface area (Å²) < 4.78 is 16.4. The summed E-state index contributed by atoms with van der Waals surface area (Å²) >= 11 is 6.97. The van der Waals surface area contributed by atoms with E-state index in [1.165, 1.54) is 29.0 Å². The van der Waals surface area contributed by atoms with Crippen LogP contribution < -0.4 is 16.2 Å². The molecule has 170 valence electrons. The number of Topliss-reactive ketones (excluding diaryl/α,β-unsaturated/α-hetero) is 1. The number of carbonyl (C=O) groups excluding carboxylic acids is 3. The van der Waals surface area contributed by atoms with E-state index in [1.54, 1.807) is 24.3 Å². The maximum atomic E-state index is 14.6. The maximum absolute atomic E-state index is 14.6. The lowest BCUT2D eigenvalue weighted by molar-refractivity contribution is -0.123. The zero-order valence-corrected chi connectivity index (χ0v) is 18.8. The Kier molecular flexibility index (Phi) is 6.71. The molecule has 3 aromatic rings. The van der Waals surface area contributed by atoms with E-state index in [2.05, 4.69) is 10.6 Å². The molecule has 0 aliphatic heterocycles. The molecule has 2 atom stereocenters. The second kappa shape index (κ2) is 9.68. The summed E-state index contributed by atoms with van der Waals surface area (Å²) in [6, 6.07) is 11.9. The number of hydrogen-bond acceptors (Lipinski definition) is 5. The molecule has 33 heavy (non-hydrogen) atoms. The van der Waals surface area contributed by atoms with Crippen molar-refractivity contribution in [2.45, 2.75) is 12.8 Å². The van der Waals surface area contributed by atoms with Gasteiger partial charge in [-0.15, -0.1) is 11.3 Å². The number of pyridine rings is 1. The average Bonchev–Trinajstić information content (AvgIpc) is 3.39. The molecule has 1 aliphatic rings. The van der Waals surface area contributed by atoms with Crippen LogP contribution in [0.5, 0.6) is 0 Å². The molecule has 2 unspecified atom stereocenters. The first-order valence-electron chi connectivity index (χ1n) is 10.2. The van der Waals surface area contributed by atoms with Crippen molar-refractivity contribution in [1.29, 1.82) is 0 Å². The quantitative estimate of drug-likeness (QED) is 0.554. The van der Waals surface area contributed by atoms with Gasteiger partial charge in [0, 0.05) is 43.1 Å². The average molecular weight is 488 g/mol. The van der Waals surface area contributed by atoms with Crippen LogP contribution in [-0.2, 0) is 9.59 Å². The molecule has 0 saturated heterocycles. The lowest BCUT2D eigenvalue weighted by Gasteiger charge is -2.13. The van der Waals surface area contributed by atoms with Gasteiger partial charge < -0.3 is 10.6 Å². The van der Waals surface area contributed by atoms with Crippen molar-refractivity contribution in [3.05, 3.63) is 80.1 Å². The minimum atomic E-state index is -0.695. The summed E-state index contributed by atoms with van der Waals surface area (Å²) in [6.45, 7) is 0.117. The van der Waals surface area contributed by atoms with Gasteiger partial charge in [-0.3, -0.25) is 23.7 Å². The molecule has 0 spiro atoms. The van der Waals surface area contributed by atoms with Gasteiger partial charge in [0.1, 0.15) is 11.6 Å². The van der Waals surface area contributed by atoms with Gasteiger partial charge >= 0.3 is 0 Å². The first-order valence-corrected chi connectivity index (χ1v) is 11.4. The fourth-order valence-corrected chi connectivity index (χ4v) is 4.69. The van der Waals surface area contributed by atoms with Gasteiger partial charge in [0.2, 0.25) is 5.91 Å². The second-order valence-corrected chi connectivity index (χ2v) is 9.39. The number of halogens is 2. The van der Waals surface area contributed by atoms with Gasteiger partial charge in [-0.25, -0.2) is 4.39 Å². The number of amides is 2. The van der Waals surface area contributed by atoms with E-state index in [9.17, 15) is 23.6 Å². The molecule has 2 amide bonds. The monoisotopic (exact) mass is 487 g/mol. The van der Waals surface area contributed by atoms with E-state index in [4.69, 9.17) is 11.6 Å². The molecule has 2 heterocycles. The van der Waals surface area contributed by atoms with Crippen molar-refractivity contribution in [2.75, 3.05) is 11.9 Å². The van der Waals surface area contributed by atoms with E-state index in [0.29, 0.717) is 14.9 Å². The zero-order chi connectivity index (χ0) is 23.5. The summed E-state index contributed by atoms with van der Waals surface area (Å²) in [5.41, 5.74) is -0.0139. The predicted octanol–water partition coefficient (Wildman–Crippen LogP) is 3.66. The molecule has 1 saturated carbocycles. The fourth-order valence-electron chi connectivity index (χ4n) is 3.73. The highest BCUT2D eigenvalue weighted by Crippen LogP contribution is 2.29. The number of rotatable bonds is 6. The molecular weight excluding hydrogens is 469 g/mol. The summed E-state index contributed by atoms with van der Waals surface area (Å²) in [5, 5.41) is 5.23. The Bertz CT molecular complexity index is 1290. The first-order chi connectivity index (χ1) is 15.8. The molecule has 1 fully saturated rings. The van der Waals surface area contributed by atoms with E-state index in [-0.39, 0.29) is 42.3 Å². The summed E-state index contributed by atoms with van der Waals surface area (Å²) in [4.78, 5) is 49.5. The molecule has 1 aromatic carbocycles. The number of nitrogens with one attached hydrogen (secondary N) is 2. The lowest BCUT2D eigenvalue weighted by Crippen LogP contribution is -2.30.